The standard InChI is InChI=1S/C24H27N3O3S/c1-29-20-7-3-18(4-8-20)15-24(28)27-13-11-26(12-14-27)16-23-25-22(17-31-23)19-5-9-21(30-2)10-6-19/h3-10,17H,11-16H2,1-2H3. The van der Waals surface area contributed by atoms with E-state index >= 15 is 0 Å². The number of benzene rings is 2. The van der Waals surface area contributed by atoms with Gasteiger partial charge in [-0.2, -0.15) is 0 Å². The number of nitrogens with zero attached hydrogens (tertiary/aromatic N) is 3. The number of hydrogen-bond acceptors (Lipinski definition) is 6. The zero-order valence-electron chi connectivity index (χ0n) is 17.9. The third kappa shape index (κ3) is 5.42. The van der Waals surface area contributed by atoms with E-state index in [4.69, 9.17) is 14.5 Å². The van der Waals surface area contributed by atoms with Gasteiger partial charge in [0.1, 0.15) is 16.5 Å². The summed E-state index contributed by atoms with van der Waals surface area (Å²) in [5.74, 6) is 1.83. The van der Waals surface area contributed by atoms with E-state index < -0.39 is 0 Å². The van der Waals surface area contributed by atoms with Crippen molar-refractivity contribution in [2.24, 2.45) is 0 Å². The van der Waals surface area contributed by atoms with Crippen LogP contribution in [0.25, 0.3) is 11.3 Å². The third-order valence-corrected chi connectivity index (χ3v) is 6.37. The number of ether oxygens (including phenoxy) is 2. The first-order valence-electron chi connectivity index (χ1n) is 10.4. The van der Waals surface area contributed by atoms with Crippen LogP contribution in [0.5, 0.6) is 11.5 Å². The summed E-state index contributed by atoms with van der Waals surface area (Å²) < 4.78 is 10.4. The summed E-state index contributed by atoms with van der Waals surface area (Å²) in [7, 11) is 3.31. The first-order valence-corrected chi connectivity index (χ1v) is 11.2. The van der Waals surface area contributed by atoms with E-state index in [1.165, 1.54) is 0 Å². The van der Waals surface area contributed by atoms with Crippen molar-refractivity contribution in [1.82, 2.24) is 14.8 Å². The van der Waals surface area contributed by atoms with Gasteiger partial charge >= 0.3 is 0 Å². The molecule has 1 amide bonds. The highest BCUT2D eigenvalue weighted by Gasteiger charge is 2.22. The van der Waals surface area contributed by atoms with E-state index in [1.54, 1.807) is 25.6 Å². The van der Waals surface area contributed by atoms with E-state index in [-0.39, 0.29) is 5.91 Å². The molecule has 0 saturated carbocycles. The molecule has 7 heteroatoms. The molecule has 0 unspecified atom stereocenters. The number of thiazole rings is 1. The van der Waals surface area contributed by atoms with Crippen LogP contribution in [-0.2, 0) is 17.8 Å². The second-order valence-corrected chi connectivity index (χ2v) is 8.48. The lowest BCUT2D eigenvalue weighted by Gasteiger charge is -2.34. The third-order valence-electron chi connectivity index (χ3n) is 5.54. The number of rotatable bonds is 7. The average Bonchev–Trinajstić information content (AvgIpc) is 3.28. The van der Waals surface area contributed by atoms with Crippen LogP contribution in [0.2, 0.25) is 0 Å². The van der Waals surface area contributed by atoms with Crippen LogP contribution in [0.3, 0.4) is 0 Å². The van der Waals surface area contributed by atoms with E-state index in [0.717, 1.165) is 66.1 Å². The minimum atomic E-state index is 0.181. The molecule has 6 nitrogen and oxygen atoms in total. The van der Waals surface area contributed by atoms with Gasteiger partial charge in [0.2, 0.25) is 5.91 Å². The van der Waals surface area contributed by atoms with Gasteiger partial charge in [-0.1, -0.05) is 12.1 Å². The highest BCUT2D eigenvalue weighted by atomic mass is 32.1. The summed E-state index contributed by atoms with van der Waals surface area (Å²) >= 11 is 1.69. The number of hydrogen-bond donors (Lipinski definition) is 0. The van der Waals surface area contributed by atoms with Crippen LogP contribution in [-0.4, -0.2) is 61.1 Å². The lowest BCUT2D eigenvalue weighted by atomic mass is 10.1. The van der Waals surface area contributed by atoms with Gasteiger partial charge in [0.15, 0.2) is 0 Å². The van der Waals surface area contributed by atoms with Crippen molar-refractivity contribution in [3.8, 4) is 22.8 Å². The summed E-state index contributed by atoms with van der Waals surface area (Å²) in [5.41, 5.74) is 3.11. The maximum atomic E-state index is 12.6. The zero-order chi connectivity index (χ0) is 21.6. The maximum Gasteiger partial charge on any atom is 0.227 e. The second-order valence-electron chi connectivity index (χ2n) is 7.54. The topological polar surface area (TPSA) is 54.9 Å². The predicted octanol–water partition coefficient (Wildman–Crippen LogP) is 3.71. The quantitative estimate of drug-likeness (QED) is 0.564. The Kier molecular flexibility index (Phi) is 6.84. The minimum Gasteiger partial charge on any atom is -0.497 e. The van der Waals surface area contributed by atoms with Crippen molar-refractivity contribution >= 4 is 17.2 Å². The van der Waals surface area contributed by atoms with E-state index in [2.05, 4.69) is 10.3 Å². The monoisotopic (exact) mass is 437 g/mol. The summed E-state index contributed by atoms with van der Waals surface area (Å²) in [6, 6.07) is 15.7. The second kappa shape index (κ2) is 9.94. The first kappa shape index (κ1) is 21.3. The zero-order valence-corrected chi connectivity index (χ0v) is 18.7. The molecule has 1 saturated heterocycles. The number of carbonyl (C=O) groups is 1. The fourth-order valence-electron chi connectivity index (χ4n) is 3.65. The maximum absolute atomic E-state index is 12.6. The summed E-state index contributed by atoms with van der Waals surface area (Å²) in [4.78, 5) is 21.8. The molecule has 1 fully saturated rings. The Morgan fingerprint density at radius 1 is 0.935 bits per heavy atom. The molecule has 0 aliphatic carbocycles. The number of methoxy groups -OCH3 is 2. The van der Waals surface area contributed by atoms with Crippen LogP contribution in [0, 0.1) is 0 Å². The molecule has 0 N–H and O–H groups in total. The molecule has 2 aromatic carbocycles. The molecular formula is C24H27N3O3S. The Hall–Kier alpha value is -2.90. The molecule has 0 bridgehead atoms. The van der Waals surface area contributed by atoms with Gasteiger partial charge < -0.3 is 14.4 Å². The largest absolute Gasteiger partial charge is 0.497 e. The summed E-state index contributed by atoms with van der Waals surface area (Å²) in [6.45, 7) is 4.07. The Morgan fingerprint density at radius 3 is 2.16 bits per heavy atom. The number of amides is 1. The first-order chi connectivity index (χ1) is 15.1. The molecule has 3 aromatic rings. The highest BCUT2D eigenvalue weighted by Crippen LogP contribution is 2.25. The molecule has 0 radical (unpaired) electrons. The number of piperazine rings is 1. The van der Waals surface area contributed by atoms with Crippen molar-refractivity contribution in [2.75, 3.05) is 40.4 Å². The molecule has 0 atom stereocenters. The molecule has 0 spiro atoms. The highest BCUT2D eigenvalue weighted by molar-refractivity contribution is 7.09. The van der Waals surface area contributed by atoms with E-state index in [9.17, 15) is 4.79 Å². The van der Waals surface area contributed by atoms with Gasteiger partial charge in [-0.05, 0) is 42.0 Å². The van der Waals surface area contributed by atoms with Crippen molar-refractivity contribution in [2.45, 2.75) is 13.0 Å². The summed E-state index contributed by atoms with van der Waals surface area (Å²) in [6.07, 6.45) is 0.432. The normalized spacial score (nSPS) is 14.5. The average molecular weight is 438 g/mol. The van der Waals surface area contributed by atoms with Gasteiger partial charge in [-0.25, -0.2) is 4.98 Å². The number of carbonyl (C=O) groups excluding carboxylic acids is 1. The summed E-state index contributed by atoms with van der Waals surface area (Å²) in [5, 5.41) is 3.20. The molecule has 2 heterocycles. The number of aromatic nitrogens is 1. The van der Waals surface area contributed by atoms with Crippen LogP contribution in [0.15, 0.2) is 53.9 Å². The van der Waals surface area contributed by atoms with Crippen LogP contribution in [0.1, 0.15) is 10.6 Å². The SMILES string of the molecule is COc1ccc(CC(=O)N2CCN(Cc3nc(-c4ccc(OC)cc4)cs3)CC2)cc1. The lowest BCUT2D eigenvalue weighted by Crippen LogP contribution is -2.48. The molecule has 31 heavy (non-hydrogen) atoms. The Balaban J connectivity index is 1.27. The molecule has 1 aromatic heterocycles. The van der Waals surface area contributed by atoms with Gasteiger partial charge in [0, 0.05) is 37.1 Å². The van der Waals surface area contributed by atoms with Crippen LogP contribution >= 0.6 is 11.3 Å². The molecule has 4 rings (SSSR count). The lowest BCUT2D eigenvalue weighted by molar-refractivity contribution is -0.132. The van der Waals surface area contributed by atoms with Crippen molar-refractivity contribution in [3.05, 3.63) is 64.5 Å². The van der Waals surface area contributed by atoms with Crippen LogP contribution in [0.4, 0.5) is 0 Å². The van der Waals surface area contributed by atoms with Gasteiger partial charge in [-0.3, -0.25) is 9.69 Å². The van der Waals surface area contributed by atoms with Crippen molar-refractivity contribution in [1.29, 1.82) is 0 Å². The van der Waals surface area contributed by atoms with Crippen molar-refractivity contribution in [3.63, 3.8) is 0 Å². The van der Waals surface area contributed by atoms with Gasteiger partial charge in [0.25, 0.3) is 0 Å². The fraction of sp³-hybridized carbons (Fsp3) is 0.333. The van der Waals surface area contributed by atoms with E-state index in [1.807, 2.05) is 53.4 Å². The molecule has 1 aliphatic rings. The Bertz CT molecular complexity index is 994. The van der Waals surface area contributed by atoms with E-state index in [0.29, 0.717) is 6.42 Å². The smallest absolute Gasteiger partial charge is 0.227 e. The van der Waals surface area contributed by atoms with Gasteiger partial charge in [-0.15, -0.1) is 11.3 Å². The Morgan fingerprint density at radius 2 is 1.55 bits per heavy atom. The minimum absolute atomic E-state index is 0.181. The Labute approximate surface area is 187 Å². The predicted molar refractivity (Wildman–Crippen MR) is 123 cm³/mol. The van der Waals surface area contributed by atoms with Crippen LogP contribution < -0.4 is 9.47 Å². The molecular weight excluding hydrogens is 410 g/mol. The fourth-order valence-corrected chi connectivity index (χ4v) is 4.50. The molecule has 162 valence electrons. The van der Waals surface area contributed by atoms with Crippen molar-refractivity contribution < 1.29 is 14.3 Å². The molecule has 1 aliphatic heterocycles. The van der Waals surface area contributed by atoms with Gasteiger partial charge in [0.05, 0.1) is 32.9 Å².